The molecule has 2 aromatic heterocycles. The van der Waals surface area contributed by atoms with Crippen molar-refractivity contribution in [3.05, 3.63) is 33.8 Å². The molecule has 0 atom stereocenters. The highest BCUT2D eigenvalue weighted by Crippen LogP contribution is 2.31. The Morgan fingerprint density at radius 1 is 1.43 bits per heavy atom. The summed E-state index contributed by atoms with van der Waals surface area (Å²) in [4.78, 5) is 8.00. The van der Waals surface area contributed by atoms with Crippen LogP contribution < -0.4 is 0 Å². The van der Waals surface area contributed by atoms with E-state index in [0.29, 0.717) is 16.6 Å². The molecular formula is C9H6BrClN2O. The third kappa shape index (κ3) is 1.55. The van der Waals surface area contributed by atoms with Crippen LogP contribution in [0.3, 0.4) is 0 Å². The Kier molecular flexibility index (Phi) is 2.56. The highest BCUT2D eigenvalue weighted by Gasteiger charge is 2.13. The number of furan rings is 1. The standard InChI is InChI=1S/C9H6BrClN2O/c1-5-7(12-4-13-9(5)11)8-6(10)2-3-14-8/h2-4H,1H3. The van der Waals surface area contributed by atoms with E-state index >= 15 is 0 Å². The predicted molar refractivity (Wildman–Crippen MR) is 57.2 cm³/mol. The SMILES string of the molecule is Cc1c(Cl)ncnc1-c1occc1Br. The Balaban J connectivity index is 2.63. The molecule has 0 spiro atoms. The van der Waals surface area contributed by atoms with Gasteiger partial charge in [-0.25, -0.2) is 9.97 Å². The molecule has 0 aromatic carbocycles. The second-order valence-corrected chi connectivity index (χ2v) is 3.95. The van der Waals surface area contributed by atoms with Crippen molar-refractivity contribution in [2.45, 2.75) is 6.92 Å². The fraction of sp³-hybridized carbons (Fsp3) is 0.111. The Labute approximate surface area is 94.3 Å². The minimum atomic E-state index is 0.443. The van der Waals surface area contributed by atoms with E-state index in [1.807, 2.05) is 13.0 Å². The highest BCUT2D eigenvalue weighted by molar-refractivity contribution is 9.10. The average Bonchev–Trinajstić information content (AvgIpc) is 2.57. The number of hydrogen-bond donors (Lipinski definition) is 0. The molecule has 2 rings (SSSR count). The molecule has 72 valence electrons. The van der Waals surface area contributed by atoms with Crippen molar-refractivity contribution in [2.24, 2.45) is 0 Å². The molecule has 0 saturated heterocycles. The van der Waals surface area contributed by atoms with E-state index in [0.717, 1.165) is 10.0 Å². The largest absolute Gasteiger partial charge is 0.461 e. The molecular weight excluding hydrogens is 267 g/mol. The molecule has 3 nitrogen and oxygen atoms in total. The first-order valence-electron chi connectivity index (χ1n) is 3.90. The van der Waals surface area contributed by atoms with Gasteiger partial charge in [0.1, 0.15) is 17.2 Å². The Bertz CT molecular complexity index is 470. The lowest BCUT2D eigenvalue weighted by molar-refractivity contribution is 0.578. The summed E-state index contributed by atoms with van der Waals surface area (Å²) in [5.74, 6) is 0.673. The second-order valence-electron chi connectivity index (χ2n) is 2.74. The van der Waals surface area contributed by atoms with Crippen LogP contribution in [0.15, 0.2) is 27.5 Å². The van der Waals surface area contributed by atoms with E-state index in [1.165, 1.54) is 6.33 Å². The van der Waals surface area contributed by atoms with E-state index < -0.39 is 0 Å². The van der Waals surface area contributed by atoms with Gasteiger partial charge in [-0.15, -0.1) is 0 Å². The average molecular weight is 274 g/mol. The lowest BCUT2D eigenvalue weighted by Crippen LogP contribution is -1.90. The van der Waals surface area contributed by atoms with Crippen LogP contribution in [0, 0.1) is 6.92 Å². The van der Waals surface area contributed by atoms with Crippen LogP contribution in [0.4, 0.5) is 0 Å². The molecule has 0 amide bonds. The third-order valence-electron chi connectivity index (χ3n) is 1.85. The van der Waals surface area contributed by atoms with Crippen LogP contribution in [0.5, 0.6) is 0 Å². The van der Waals surface area contributed by atoms with E-state index in [-0.39, 0.29) is 0 Å². The van der Waals surface area contributed by atoms with Crippen molar-refractivity contribution in [1.82, 2.24) is 9.97 Å². The maximum absolute atomic E-state index is 5.87. The second kappa shape index (κ2) is 3.71. The smallest absolute Gasteiger partial charge is 0.166 e. The van der Waals surface area contributed by atoms with Crippen LogP contribution in [0.25, 0.3) is 11.5 Å². The number of rotatable bonds is 1. The lowest BCUT2D eigenvalue weighted by atomic mass is 10.2. The normalized spacial score (nSPS) is 10.5. The maximum Gasteiger partial charge on any atom is 0.166 e. The molecule has 2 heterocycles. The monoisotopic (exact) mass is 272 g/mol. The van der Waals surface area contributed by atoms with Crippen LogP contribution in [0.1, 0.15) is 5.56 Å². The third-order valence-corrected chi connectivity index (χ3v) is 2.86. The molecule has 2 aromatic rings. The summed E-state index contributed by atoms with van der Waals surface area (Å²) < 4.78 is 6.15. The molecule has 0 saturated carbocycles. The Morgan fingerprint density at radius 2 is 2.21 bits per heavy atom. The van der Waals surface area contributed by atoms with Gasteiger partial charge in [0.05, 0.1) is 10.7 Å². The van der Waals surface area contributed by atoms with Crippen molar-refractivity contribution >= 4 is 27.5 Å². The van der Waals surface area contributed by atoms with Crippen molar-refractivity contribution in [2.75, 3.05) is 0 Å². The zero-order chi connectivity index (χ0) is 10.1. The van der Waals surface area contributed by atoms with E-state index in [1.54, 1.807) is 6.26 Å². The van der Waals surface area contributed by atoms with Gasteiger partial charge in [0, 0.05) is 5.56 Å². The van der Waals surface area contributed by atoms with Gasteiger partial charge in [-0.3, -0.25) is 0 Å². The first-order valence-corrected chi connectivity index (χ1v) is 5.07. The Morgan fingerprint density at radius 3 is 2.86 bits per heavy atom. The van der Waals surface area contributed by atoms with Crippen molar-refractivity contribution in [1.29, 1.82) is 0 Å². The molecule has 14 heavy (non-hydrogen) atoms. The zero-order valence-corrected chi connectivity index (χ0v) is 9.63. The molecule has 0 fully saturated rings. The summed E-state index contributed by atoms with van der Waals surface area (Å²) >= 11 is 9.24. The first kappa shape index (κ1) is 9.68. The summed E-state index contributed by atoms with van der Waals surface area (Å²) in [7, 11) is 0. The maximum atomic E-state index is 5.87. The van der Waals surface area contributed by atoms with Gasteiger partial charge in [-0.1, -0.05) is 11.6 Å². The number of nitrogens with zero attached hydrogens (tertiary/aromatic N) is 2. The minimum Gasteiger partial charge on any atom is -0.461 e. The van der Waals surface area contributed by atoms with Crippen LogP contribution in [-0.4, -0.2) is 9.97 Å². The van der Waals surface area contributed by atoms with Gasteiger partial charge in [0.2, 0.25) is 0 Å². The molecule has 0 aliphatic rings. The molecule has 5 heteroatoms. The van der Waals surface area contributed by atoms with Crippen LogP contribution in [0.2, 0.25) is 5.15 Å². The molecule has 0 aliphatic heterocycles. The van der Waals surface area contributed by atoms with Gasteiger partial charge in [0.15, 0.2) is 5.76 Å². The summed E-state index contributed by atoms with van der Waals surface area (Å²) in [5.41, 5.74) is 1.52. The van der Waals surface area contributed by atoms with Crippen LogP contribution in [-0.2, 0) is 0 Å². The summed E-state index contributed by atoms with van der Waals surface area (Å²) in [5, 5.41) is 0.443. The van der Waals surface area contributed by atoms with E-state index in [2.05, 4.69) is 25.9 Å². The summed E-state index contributed by atoms with van der Waals surface area (Å²) in [6, 6.07) is 1.81. The van der Waals surface area contributed by atoms with Gasteiger partial charge in [0.25, 0.3) is 0 Å². The number of halogens is 2. The molecule has 0 aliphatic carbocycles. The fourth-order valence-corrected chi connectivity index (χ4v) is 1.64. The zero-order valence-electron chi connectivity index (χ0n) is 7.29. The molecule has 0 radical (unpaired) electrons. The summed E-state index contributed by atoms with van der Waals surface area (Å²) in [6.45, 7) is 1.85. The quantitative estimate of drug-likeness (QED) is 0.747. The van der Waals surface area contributed by atoms with Gasteiger partial charge in [-0.05, 0) is 28.9 Å². The lowest BCUT2D eigenvalue weighted by Gasteiger charge is -2.02. The molecule has 0 unspecified atom stereocenters. The highest BCUT2D eigenvalue weighted by atomic mass is 79.9. The van der Waals surface area contributed by atoms with Gasteiger partial charge < -0.3 is 4.42 Å². The number of aromatic nitrogens is 2. The van der Waals surface area contributed by atoms with Gasteiger partial charge >= 0.3 is 0 Å². The van der Waals surface area contributed by atoms with Crippen molar-refractivity contribution < 1.29 is 4.42 Å². The Hall–Kier alpha value is -0.870. The first-order chi connectivity index (χ1) is 6.70. The van der Waals surface area contributed by atoms with Crippen LogP contribution >= 0.6 is 27.5 Å². The summed E-state index contributed by atoms with van der Waals surface area (Å²) in [6.07, 6.45) is 3.01. The van der Waals surface area contributed by atoms with Crippen molar-refractivity contribution in [3.8, 4) is 11.5 Å². The fourth-order valence-electron chi connectivity index (χ4n) is 1.12. The minimum absolute atomic E-state index is 0.443. The number of hydrogen-bond acceptors (Lipinski definition) is 3. The van der Waals surface area contributed by atoms with Crippen molar-refractivity contribution in [3.63, 3.8) is 0 Å². The molecule has 0 N–H and O–H groups in total. The van der Waals surface area contributed by atoms with Gasteiger partial charge in [-0.2, -0.15) is 0 Å². The van der Waals surface area contributed by atoms with E-state index in [4.69, 9.17) is 16.0 Å². The predicted octanol–water partition coefficient (Wildman–Crippen LogP) is 3.46. The topological polar surface area (TPSA) is 38.9 Å². The van der Waals surface area contributed by atoms with E-state index in [9.17, 15) is 0 Å². The molecule has 0 bridgehead atoms.